The molecule has 9 heteroatoms. The first-order chi connectivity index (χ1) is 14.1. The Morgan fingerprint density at radius 3 is 2.38 bits per heavy atom. The van der Waals surface area contributed by atoms with Crippen LogP contribution in [-0.4, -0.2) is 57.0 Å². The number of amides is 1. The van der Waals surface area contributed by atoms with Crippen LogP contribution in [0.25, 0.3) is 5.69 Å². The van der Waals surface area contributed by atoms with Crippen LogP contribution in [0.3, 0.4) is 0 Å². The summed E-state index contributed by atoms with van der Waals surface area (Å²) in [6, 6.07) is 12.5. The Morgan fingerprint density at radius 1 is 1.07 bits per heavy atom. The largest absolute Gasteiger partial charge is 0.464 e. The Morgan fingerprint density at radius 2 is 1.79 bits per heavy atom. The number of hydrogen-bond donors (Lipinski definition) is 1. The number of nitrogens with one attached hydrogen (secondary N) is 1. The van der Waals surface area contributed by atoms with E-state index in [1.54, 1.807) is 15.6 Å². The van der Waals surface area contributed by atoms with Gasteiger partial charge in [0.25, 0.3) is 5.91 Å². The average Bonchev–Trinajstić information content (AvgIpc) is 3.18. The zero-order valence-corrected chi connectivity index (χ0v) is 16.5. The van der Waals surface area contributed by atoms with Crippen molar-refractivity contribution in [3.05, 3.63) is 59.9 Å². The van der Waals surface area contributed by atoms with Crippen LogP contribution in [0, 0.1) is 0 Å². The molecule has 1 aromatic carbocycles. The Balaban J connectivity index is 2.01. The van der Waals surface area contributed by atoms with Gasteiger partial charge in [-0.2, -0.15) is 5.10 Å². The average molecular weight is 394 g/mol. The molecule has 0 aliphatic carbocycles. The molecule has 3 rings (SSSR count). The third kappa shape index (κ3) is 4.23. The first kappa shape index (κ1) is 20.0. The lowest BCUT2D eigenvalue weighted by molar-refractivity contribution is 0.0592. The third-order valence-electron chi connectivity index (χ3n) is 4.36. The maximum Gasteiger partial charge on any atom is 0.358 e. The van der Waals surface area contributed by atoms with Crippen molar-refractivity contribution in [2.24, 2.45) is 0 Å². The fourth-order valence-corrected chi connectivity index (χ4v) is 2.81. The predicted molar refractivity (Wildman–Crippen MR) is 107 cm³/mol. The van der Waals surface area contributed by atoms with Gasteiger partial charge in [0.15, 0.2) is 11.5 Å². The minimum Gasteiger partial charge on any atom is -0.464 e. The molecule has 29 heavy (non-hydrogen) atoms. The number of carbonyl (C=O) groups is 2. The summed E-state index contributed by atoms with van der Waals surface area (Å²) in [5.74, 6) is 0.117. The van der Waals surface area contributed by atoms with Crippen molar-refractivity contribution < 1.29 is 14.3 Å². The predicted octanol–water partition coefficient (Wildman–Crippen LogP) is 2.67. The number of hydrogen-bond acceptors (Lipinski definition) is 7. The van der Waals surface area contributed by atoms with E-state index in [4.69, 9.17) is 0 Å². The Hall–Kier alpha value is -3.75. The Labute approximate surface area is 168 Å². The zero-order valence-electron chi connectivity index (χ0n) is 16.5. The summed E-state index contributed by atoms with van der Waals surface area (Å²) in [6.07, 6.45) is 1.53. The van der Waals surface area contributed by atoms with Gasteiger partial charge in [-0.05, 0) is 38.1 Å². The van der Waals surface area contributed by atoms with E-state index < -0.39 is 5.97 Å². The molecule has 0 unspecified atom stereocenters. The minimum absolute atomic E-state index is 0.0917. The lowest BCUT2D eigenvalue weighted by Gasteiger charge is -2.19. The molecule has 3 aromatic rings. The lowest BCUT2D eigenvalue weighted by Crippen LogP contribution is -2.30. The van der Waals surface area contributed by atoms with Crippen molar-refractivity contribution in [1.29, 1.82) is 0 Å². The summed E-state index contributed by atoms with van der Waals surface area (Å²) in [5, 5.41) is 15.4. The van der Waals surface area contributed by atoms with E-state index >= 15 is 0 Å². The quantitative estimate of drug-likeness (QED) is 0.615. The van der Waals surface area contributed by atoms with Crippen LogP contribution in [0.15, 0.2) is 48.7 Å². The topological polar surface area (TPSA) is 102 Å². The van der Waals surface area contributed by atoms with Crippen molar-refractivity contribution in [2.75, 3.05) is 25.5 Å². The number of carbonyl (C=O) groups excluding carboxylic acids is 2. The maximum atomic E-state index is 13.0. The normalized spacial score (nSPS) is 10.4. The number of nitrogens with zero attached hydrogens (tertiary/aromatic N) is 5. The van der Waals surface area contributed by atoms with E-state index in [0.29, 0.717) is 30.3 Å². The number of methoxy groups -OCH3 is 1. The zero-order chi connectivity index (χ0) is 20.8. The van der Waals surface area contributed by atoms with Crippen molar-refractivity contribution in [2.45, 2.75) is 13.8 Å². The van der Waals surface area contributed by atoms with Crippen LogP contribution < -0.4 is 5.32 Å². The molecule has 0 fully saturated rings. The Bertz CT molecular complexity index is 981. The number of aromatic nitrogens is 4. The van der Waals surface area contributed by atoms with Gasteiger partial charge in [-0.1, -0.05) is 18.2 Å². The second-order valence-corrected chi connectivity index (χ2v) is 6.05. The molecule has 0 atom stereocenters. The number of esters is 1. The molecule has 0 saturated carbocycles. The molecule has 0 aliphatic heterocycles. The van der Waals surface area contributed by atoms with Gasteiger partial charge in [-0.15, -0.1) is 10.2 Å². The van der Waals surface area contributed by atoms with Crippen molar-refractivity contribution in [3.63, 3.8) is 0 Å². The van der Waals surface area contributed by atoms with E-state index in [1.165, 1.54) is 19.4 Å². The molecular formula is C20H22N6O3. The highest BCUT2D eigenvalue weighted by atomic mass is 16.5. The summed E-state index contributed by atoms with van der Waals surface area (Å²) in [4.78, 5) is 26.2. The molecule has 1 N–H and O–H groups in total. The lowest BCUT2D eigenvalue weighted by atomic mass is 10.2. The van der Waals surface area contributed by atoms with Crippen LogP contribution in [0.1, 0.15) is 34.7 Å². The van der Waals surface area contributed by atoms with Crippen LogP contribution in [0.4, 0.5) is 11.6 Å². The number of ether oxygens (including phenoxy) is 1. The maximum absolute atomic E-state index is 13.0. The van der Waals surface area contributed by atoms with Crippen LogP contribution in [0.5, 0.6) is 0 Å². The van der Waals surface area contributed by atoms with E-state index in [9.17, 15) is 9.59 Å². The van der Waals surface area contributed by atoms with Gasteiger partial charge >= 0.3 is 5.97 Å². The highest BCUT2D eigenvalue weighted by Crippen LogP contribution is 2.24. The summed E-state index contributed by atoms with van der Waals surface area (Å²) < 4.78 is 6.27. The molecule has 2 aromatic heterocycles. The van der Waals surface area contributed by atoms with Gasteiger partial charge in [0.05, 0.1) is 19.0 Å². The second kappa shape index (κ2) is 8.96. The third-order valence-corrected chi connectivity index (χ3v) is 4.36. The van der Waals surface area contributed by atoms with Gasteiger partial charge in [-0.3, -0.25) is 4.79 Å². The molecule has 0 spiro atoms. The van der Waals surface area contributed by atoms with Crippen molar-refractivity contribution >= 4 is 23.5 Å². The molecule has 0 radical (unpaired) electrons. The van der Waals surface area contributed by atoms with E-state index in [-0.39, 0.29) is 11.6 Å². The molecule has 1 amide bonds. The summed E-state index contributed by atoms with van der Waals surface area (Å²) in [6.45, 7) is 5.01. The standard InChI is InChI=1S/C20H22N6O3/c1-4-25(5-2)19(27)15-13-21-26(14-9-7-6-8-10-14)18(15)22-17-12-11-16(23-24-17)20(28)29-3/h6-13H,4-5H2,1-3H3,(H,22,24). The smallest absolute Gasteiger partial charge is 0.358 e. The van der Waals surface area contributed by atoms with Gasteiger partial charge in [0.1, 0.15) is 11.4 Å². The number of anilines is 2. The molecule has 0 saturated heterocycles. The molecule has 0 bridgehead atoms. The fourth-order valence-electron chi connectivity index (χ4n) is 2.81. The van der Waals surface area contributed by atoms with Crippen LogP contribution >= 0.6 is 0 Å². The first-order valence-electron chi connectivity index (χ1n) is 9.20. The highest BCUT2D eigenvalue weighted by Gasteiger charge is 2.22. The first-order valence-corrected chi connectivity index (χ1v) is 9.20. The van der Waals surface area contributed by atoms with Gasteiger partial charge in [0, 0.05) is 13.1 Å². The summed E-state index contributed by atoms with van der Waals surface area (Å²) in [5.41, 5.74) is 1.29. The fraction of sp³-hybridized carbons (Fsp3) is 0.250. The number of para-hydroxylation sites is 1. The molecule has 0 aliphatic rings. The highest BCUT2D eigenvalue weighted by molar-refractivity contribution is 5.99. The van der Waals surface area contributed by atoms with E-state index in [0.717, 1.165) is 5.69 Å². The van der Waals surface area contributed by atoms with Crippen LogP contribution in [-0.2, 0) is 4.74 Å². The summed E-state index contributed by atoms with van der Waals surface area (Å²) in [7, 11) is 1.28. The molecule has 2 heterocycles. The van der Waals surface area contributed by atoms with Gasteiger partial charge in [-0.25, -0.2) is 9.48 Å². The molecule has 9 nitrogen and oxygen atoms in total. The molecular weight excluding hydrogens is 372 g/mol. The SMILES string of the molecule is CCN(CC)C(=O)c1cnn(-c2ccccc2)c1Nc1ccc(C(=O)OC)nn1. The second-order valence-electron chi connectivity index (χ2n) is 6.05. The van der Waals surface area contributed by atoms with Crippen molar-refractivity contribution in [3.8, 4) is 5.69 Å². The Kier molecular flexibility index (Phi) is 6.18. The van der Waals surface area contributed by atoms with Crippen LogP contribution in [0.2, 0.25) is 0 Å². The summed E-state index contributed by atoms with van der Waals surface area (Å²) >= 11 is 0. The monoisotopic (exact) mass is 394 g/mol. The number of rotatable bonds is 7. The number of benzene rings is 1. The van der Waals surface area contributed by atoms with Crippen molar-refractivity contribution in [1.82, 2.24) is 24.9 Å². The van der Waals surface area contributed by atoms with Gasteiger partial charge < -0.3 is 15.0 Å². The van der Waals surface area contributed by atoms with Gasteiger partial charge in [0.2, 0.25) is 0 Å². The molecule has 150 valence electrons. The van der Waals surface area contributed by atoms with E-state index in [1.807, 2.05) is 44.2 Å². The van der Waals surface area contributed by atoms with E-state index in [2.05, 4.69) is 25.3 Å². The minimum atomic E-state index is -0.573.